The van der Waals surface area contributed by atoms with Crippen molar-refractivity contribution in [3.63, 3.8) is 0 Å². The maximum atomic E-state index is 12.3. The predicted octanol–water partition coefficient (Wildman–Crippen LogP) is -1.89. The Labute approximate surface area is 115 Å². The van der Waals surface area contributed by atoms with Gasteiger partial charge in [-0.2, -0.15) is 0 Å². The summed E-state index contributed by atoms with van der Waals surface area (Å²) in [6.45, 7) is 2.43. The van der Waals surface area contributed by atoms with E-state index < -0.39 is 23.8 Å². The topological polar surface area (TPSA) is 123 Å². The van der Waals surface area contributed by atoms with Gasteiger partial charge in [0.1, 0.15) is 12.6 Å². The number of hydrogen-bond acceptors (Lipinski definition) is 6. The van der Waals surface area contributed by atoms with E-state index in [2.05, 4.69) is 15.6 Å². The van der Waals surface area contributed by atoms with Crippen molar-refractivity contribution in [2.75, 3.05) is 13.1 Å². The molecule has 1 fully saturated rings. The Kier molecular flexibility index (Phi) is 4.08. The molecule has 1 atom stereocenters. The van der Waals surface area contributed by atoms with Gasteiger partial charge in [0.05, 0.1) is 12.7 Å². The summed E-state index contributed by atoms with van der Waals surface area (Å²) in [4.78, 5) is 36.7. The smallest absolute Gasteiger partial charge is 0.277 e. The van der Waals surface area contributed by atoms with Crippen LogP contribution in [-0.2, 0) is 16.1 Å². The van der Waals surface area contributed by atoms with Crippen LogP contribution in [0.15, 0.2) is 6.20 Å². The summed E-state index contributed by atoms with van der Waals surface area (Å²) in [5.74, 6) is -1.45. The number of carbonyl (C=O) groups is 3. The quantitative estimate of drug-likeness (QED) is 0.622. The first-order valence-corrected chi connectivity index (χ1v) is 6.31. The molecule has 3 amide bonds. The number of aromatic nitrogens is 3. The van der Waals surface area contributed by atoms with Crippen LogP contribution in [0.25, 0.3) is 0 Å². The number of carbonyl (C=O) groups excluding carboxylic acids is 3. The van der Waals surface area contributed by atoms with Crippen LogP contribution in [0.5, 0.6) is 0 Å². The lowest BCUT2D eigenvalue weighted by Crippen LogP contribution is -2.59. The first-order valence-electron chi connectivity index (χ1n) is 6.31. The Balaban J connectivity index is 2.20. The Morgan fingerprint density at radius 2 is 2.30 bits per heavy atom. The molecule has 108 valence electrons. The summed E-state index contributed by atoms with van der Waals surface area (Å²) in [7, 11) is 0. The SMILES string of the molecule is CCC1C(=O)NC(=O)CN1C(=O)c1cn(CCN)nn1. The maximum absolute atomic E-state index is 12.3. The van der Waals surface area contributed by atoms with Crippen LogP contribution in [0.2, 0.25) is 0 Å². The van der Waals surface area contributed by atoms with Gasteiger partial charge in [-0.1, -0.05) is 12.1 Å². The first-order chi connectivity index (χ1) is 9.56. The van der Waals surface area contributed by atoms with Crippen molar-refractivity contribution in [2.45, 2.75) is 25.9 Å². The predicted molar refractivity (Wildman–Crippen MR) is 67.3 cm³/mol. The molecule has 1 aromatic rings. The molecule has 3 N–H and O–H groups in total. The molecule has 1 saturated heterocycles. The fourth-order valence-corrected chi connectivity index (χ4v) is 2.07. The van der Waals surface area contributed by atoms with Gasteiger partial charge in [0.25, 0.3) is 5.91 Å². The highest BCUT2D eigenvalue weighted by molar-refractivity contribution is 6.06. The van der Waals surface area contributed by atoms with Gasteiger partial charge in [0, 0.05) is 6.54 Å². The fourth-order valence-electron chi connectivity index (χ4n) is 2.07. The Morgan fingerprint density at radius 1 is 1.55 bits per heavy atom. The number of rotatable bonds is 4. The van der Waals surface area contributed by atoms with E-state index in [9.17, 15) is 14.4 Å². The summed E-state index contributed by atoms with van der Waals surface area (Å²) in [6.07, 6.45) is 1.88. The molecular weight excluding hydrogens is 264 g/mol. The van der Waals surface area contributed by atoms with E-state index in [1.165, 1.54) is 15.8 Å². The van der Waals surface area contributed by atoms with E-state index in [4.69, 9.17) is 5.73 Å². The van der Waals surface area contributed by atoms with Crippen LogP contribution in [-0.4, -0.2) is 56.7 Å². The molecule has 9 nitrogen and oxygen atoms in total. The van der Waals surface area contributed by atoms with Crippen LogP contribution in [0, 0.1) is 0 Å². The minimum atomic E-state index is -0.667. The maximum Gasteiger partial charge on any atom is 0.277 e. The standard InChI is InChI=1S/C11H16N6O3/c1-2-8-10(19)13-9(18)6-17(8)11(20)7-5-16(4-3-12)15-14-7/h5,8H,2-4,6,12H2,1H3,(H,13,18,19). The zero-order valence-corrected chi connectivity index (χ0v) is 11.1. The van der Waals surface area contributed by atoms with Crippen molar-refractivity contribution < 1.29 is 14.4 Å². The number of imide groups is 1. The number of amides is 3. The molecular formula is C11H16N6O3. The molecule has 20 heavy (non-hydrogen) atoms. The molecule has 1 aliphatic heterocycles. The third-order valence-electron chi connectivity index (χ3n) is 3.02. The summed E-state index contributed by atoms with van der Waals surface area (Å²) < 4.78 is 1.44. The molecule has 2 rings (SSSR count). The molecule has 0 radical (unpaired) electrons. The number of hydrogen-bond donors (Lipinski definition) is 2. The van der Waals surface area contributed by atoms with Crippen LogP contribution in [0.4, 0.5) is 0 Å². The van der Waals surface area contributed by atoms with Gasteiger partial charge in [0.15, 0.2) is 5.69 Å². The second-order valence-corrected chi connectivity index (χ2v) is 4.43. The van der Waals surface area contributed by atoms with Gasteiger partial charge in [0.2, 0.25) is 11.8 Å². The molecule has 0 aliphatic carbocycles. The zero-order valence-electron chi connectivity index (χ0n) is 11.1. The minimum Gasteiger partial charge on any atom is -0.329 e. The fraction of sp³-hybridized carbons (Fsp3) is 0.545. The minimum absolute atomic E-state index is 0.0967. The van der Waals surface area contributed by atoms with Crippen LogP contribution in [0.3, 0.4) is 0 Å². The van der Waals surface area contributed by atoms with Crippen molar-refractivity contribution in [2.24, 2.45) is 5.73 Å². The van der Waals surface area contributed by atoms with Gasteiger partial charge < -0.3 is 10.6 Å². The molecule has 9 heteroatoms. The third-order valence-corrected chi connectivity index (χ3v) is 3.02. The zero-order chi connectivity index (χ0) is 14.7. The molecule has 1 aliphatic rings. The third kappa shape index (κ3) is 2.67. The summed E-state index contributed by atoms with van der Waals surface area (Å²) in [5.41, 5.74) is 5.48. The molecule has 1 unspecified atom stereocenters. The second-order valence-electron chi connectivity index (χ2n) is 4.43. The molecule has 0 aromatic carbocycles. The second kappa shape index (κ2) is 5.78. The normalized spacial score (nSPS) is 19.1. The summed E-state index contributed by atoms with van der Waals surface area (Å²) in [5, 5.41) is 9.73. The van der Waals surface area contributed by atoms with Gasteiger partial charge in [-0.05, 0) is 6.42 Å². The largest absolute Gasteiger partial charge is 0.329 e. The number of nitrogens with one attached hydrogen (secondary N) is 1. The van der Waals surface area contributed by atoms with Crippen molar-refractivity contribution in [1.82, 2.24) is 25.2 Å². The highest BCUT2D eigenvalue weighted by atomic mass is 16.2. The molecule has 0 saturated carbocycles. The Hall–Kier alpha value is -2.29. The van der Waals surface area contributed by atoms with Crippen LogP contribution >= 0.6 is 0 Å². The van der Waals surface area contributed by atoms with Gasteiger partial charge in [-0.25, -0.2) is 0 Å². The van der Waals surface area contributed by atoms with Crippen LogP contribution < -0.4 is 11.1 Å². The van der Waals surface area contributed by atoms with Crippen molar-refractivity contribution >= 4 is 17.7 Å². The Morgan fingerprint density at radius 3 is 2.95 bits per heavy atom. The molecule has 0 bridgehead atoms. The highest BCUT2D eigenvalue weighted by Gasteiger charge is 2.36. The van der Waals surface area contributed by atoms with Crippen molar-refractivity contribution in [3.05, 3.63) is 11.9 Å². The lowest BCUT2D eigenvalue weighted by molar-refractivity contribution is -0.138. The van der Waals surface area contributed by atoms with Gasteiger partial charge in [-0.15, -0.1) is 5.10 Å². The number of piperazine rings is 1. The van der Waals surface area contributed by atoms with E-state index in [1.807, 2.05) is 0 Å². The van der Waals surface area contributed by atoms with E-state index >= 15 is 0 Å². The van der Waals surface area contributed by atoms with Gasteiger partial charge >= 0.3 is 0 Å². The lowest BCUT2D eigenvalue weighted by atomic mass is 10.1. The molecule has 2 heterocycles. The van der Waals surface area contributed by atoms with E-state index in [0.717, 1.165) is 0 Å². The van der Waals surface area contributed by atoms with E-state index in [0.29, 0.717) is 19.5 Å². The van der Waals surface area contributed by atoms with Crippen molar-refractivity contribution in [3.8, 4) is 0 Å². The monoisotopic (exact) mass is 280 g/mol. The molecule has 0 spiro atoms. The highest BCUT2D eigenvalue weighted by Crippen LogP contribution is 2.12. The van der Waals surface area contributed by atoms with Crippen molar-refractivity contribution in [1.29, 1.82) is 0 Å². The number of nitrogens with zero attached hydrogens (tertiary/aromatic N) is 4. The Bertz CT molecular complexity index is 540. The van der Waals surface area contributed by atoms with Gasteiger partial charge in [-0.3, -0.25) is 24.4 Å². The summed E-state index contributed by atoms with van der Waals surface area (Å²) in [6, 6.07) is -0.667. The molecule has 1 aromatic heterocycles. The lowest BCUT2D eigenvalue weighted by Gasteiger charge is -2.32. The summed E-state index contributed by atoms with van der Waals surface area (Å²) >= 11 is 0. The van der Waals surface area contributed by atoms with Crippen LogP contribution in [0.1, 0.15) is 23.8 Å². The van der Waals surface area contributed by atoms with E-state index in [-0.39, 0.29) is 12.2 Å². The van der Waals surface area contributed by atoms with E-state index in [1.54, 1.807) is 6.92 Å². The average Bonchev–Trinajstić information content (AvgIpc) is 2.86. The number of nitrogens with two attached hydrogens (primary N) is 1. The first kappa shape index (κ1) is 14.1. The average molecular weight is 280 g/mol.